The van der Waals surface area contributed by atoms with Crippen molar-refractivity contribution in [2.75, 3.05) is 4.90 Å². The molecule has 0 saturated carbocycles. The zero-order valence-electron chi connectivity index (χ0n) is 26.3. The monoisotopic (exact) mass is 631 g/mol. The predicted octanol–water partition coefficient (Wildman–Crippen LogP) is 10.6. The Kier molecular flexibility index (Phi) is 5.93. The number of para-hydroxylation sites is 3. The summed E-state index contributed by atoms with van der Waals surface area (Å²) in [6.45, 7) is 9.64. The molecule has 5 heteroatoms. The Morgan fingerprint density at radius 2 is 1.24 bits per heavy atom. The van der Waals surface area contributed by atoms with Crippen molar-refractivity contribution in [2.24, 2.45) is 0 Å². The molecule has 3 nitrogen and oxygen atoms in total. The van der Waals surface area contributed by atoms with Gasteiger partial charge in [-0.1, -0.05) is 118 Å². The number of hydrogen-bond acceptors (Lipinski definition) is 4. The van der Waals surface area contributed by atoms with E-state index in [2.05, 4.69) is 129 Å². The Morgan fingerprint density at radius 1 is 0.587 bits per heavy atom. The summed E-state index contributed by atoms with van der Waals surface area (Å²) in [7, 11) is -1.97. The Hall–Kier alpha value is -4.71. The van der Waals surface area contributed by atoms with Gasteiger partial charge in [0, 0.05) is 20.9 Å². The topological polar surface area (TPSA) is 21.7 Å². The Labute approximate surface area is 275 Å². The van der Waals surface area contributed by atoms with Crippen LogP contribution in [0.2, 0.25) is 13.1 Å². The van der Waals surface area contributed by atoms with Gasteiger partial charge in [0.05, 0.1) is 11.4 Å². The lowest BCUT2D eigenvalue weighted by molar-refractivity contribution is 0.360. The van der Waals surface area contributed by atoms with Gasteiger partial charge in [-0.15, -0.1) is 0 Å². The number of nitrogens with zero attached hydrogens (tertiary/aromatic N) is 1. The van der Waals surface area contributed by atoms with Crippen LogP contribution in [0, 0.1) is 0 Å². The van der Waals surface area contributed by atoms with Crippen LogP contribution in [0.15, 0.2) is 137 Å². The van der Waals surface area contributed by atoms with Crippen LogP contribution in [0.3, 0.4) is 0 Å². The maximum atomic E-state index is 6.69. The third-order valence-corrected chi connectivity index (χ3v) is 15.1. The fraction of sp³-hybridized carbons (Fsp3) is 0.122. The fourth-order valence-corrected chi connectivity index (χ4v) is 13.1. The van der Waals surface area contributed by atoms with E-state index in [-0.39, 0.29) is 5.41 Å². The van der Waals surface area contributed by atoms with Crippen LogP contribution in [-0.4, -0.2) is 8.07 Å². The predicted molar refractivity (Wildman–Crippen MR) is 193 cm³/mol. The minimum atomic E-state index is -1.97. The molecule has 46 heavy (non-hydrogen) atoms. The first kappa shape index (κ1) is 27.6. The normalized spacial score (nSPS) is 15.6. The molecule has 0 saturated heterocycles. The van der Waals surface area contributed by atoms with Gasteiger partial charge < -0.3 is 14.4 Å². The van der Waals surface area contributed by atoms with Crippen LogP contribution in [0.5, 0.6) is 23.0 Å². The number of ether oxygens (including phenoxy) is 2. The van der Waals surface area contributed by atoms with Crippen LogP contribution in [0.4, 0.5) is 17.1 Å². The Balaban J connectivity index is 1.29. The lowest BCUT2D eigenvalue weighted by atomic mass is 9.82. The molecule has 2 heterocycles. The molecule has 0 bridgehead atoms. The molecule has 0 N–H and O–H groups in total. The molecule has 6 aromatic carbocycles. The third kappa shape index (κ3) is 3.91. The van der Waals surface area contributed by atoms with Gasteiger partial charge in [-0.05, 0) is 81.2 Å². The second-order valence-corrected chi connectivity index (χ2v) is 18.7. The van der Waals surface area contributed by atoms with Gasteiger partial charge in [-0.2, -0.15) is 0 Å². The highest BCUT2D eigenvalue weighted by molar-refractivity contribution is 8.00. The van der Waals surface area contributed by atoms with Crippen molar-refractivity contribution in [3.8, 4) is 34.1 Å². The largest absolute Gasteiger partial charge is 0.449 e. The maximum Gasteiger partial charge on any atom is 0.194 e. The van der Waals surface area contributed by atoms with Gasteiger partial charge in [0.2, 0.25) is 0 Å². The number of fused-ring (bicyclic) bond motifs is 7. The molecule has 224 valence electrons. The second kappa shape index (κ2) is 9.89. The van der Waals surface area contributed by atoms with E-state index in [1.807, 2.05) is 42.1 Å². The van der Waals surface area contributed by atoms with Crippen LogP contribution < -0.4 is 24.7 Å². The van der Waals surface area contributed by atoms with Crippen LogP contribution in [0.25, 0.3) is 11.1 Å². The summed E-state index contributed by atoms with van der Waals surface area (Å²) < 4.78 is 13.1. The first-order chi connectivity index (χ1) is 22.3. The summed E-state index contributed by atoms with van der Waals surface area (Å²) >= 11 is 1.89. The number of benzene rings is 6. The van der Waals surface area contributed by atoms with Crippen molar-refractivity contribution in [3.63, 3.8) is 0 Å². The third-order valence-electron chi connectivity index (χ3n) is 9.99. The van der Waals surface area contributed by atoms with E-state index in [9.17, 15) is 0 Å². The van der Waals surface area contributed by atoms with E-state index in [1.165, 1.54) is 42.4 Å². The van der Waals surface area contributed by atoms with Crippen molar-refractivity contribution < 1.29 is 9.47 Å². The van der Waals surface area contributed by atoms with Crippen molar-refractivity contribution in [1.82, 2.24) is 0 Å². The van der Waals surface area contributed by atoms with Gasteiger partial charge in [-0.3, -0.25) is 0 Å². The first-order valence-corrected chi connectivity index (χ1v) is 19.7. The van der Waals surface area contributed by atoms with Crippen LogP contribution in [0.1, 0.15) is 25.0 Å². The van der Waals surface area contributed by atoms with Gasteiger partial charge in [0.25, 0.3) is 0 Å². The number of hydrogen-bond donors (Lipinski definition) is 0. The van der Waals surface area contributed by atoms with E-state index in [4.69, 9.17) is 9.47 Å². The van der Waals surface area contributed by atoms with Gasteiger partial charge in [0.15, 0.2) is 23.0 Å². The molecule has 0 aromatic heterocycles. The summed E-state index contributed by atoms with van der Waals surface area (Å²) in [5.41, 5.74) is 8.41. The summed E-state index contributed by atoms with van der Waals surface area (Å²) in [5.74, 6) is 2.89. The van der Waals surface area contributed by atoms with Gasteiger partial charge in [0.1, 0.15) is 8.07 Å². The summed E-state index contributed by atoms with van der Waals surface area (Å²) in [6, 6.07) is 45.8. The molecule has 0 atom stereocenters. The molecule has 2 aliphatic heterocycles. The average Bonchev–Trinajstić information content (AvgIpc) is 3.30. The smallest absolute Gasteiger partial charge is 0.194 e. The number of rotatable bonds is 3. The minimum Gasteiger partial charge on any atom is -0.449 e. The molecule has 0 radical (unpaired) electrons. The molecule has 0 spiro atoms. The average molecular weight is 632 g/mol. The Bertz CT molecular complexity index is 2220. The van der Waals surface area contributed by atoms with Crippen LogP contribution >= 0.6 is 11.8 Å². The van der Waals surface area contributed by atoms with E-state index in [0.717, 1.165) is 34.3 Å². The molecule has 0 unspecified atom stereocenters. The second-order valence-electron chi connectivity index (χ2n) is 13.4. The van der Waals surface area contributed by atoms with Gasteiger partial charge >= 0.3 is 0 Å². The molecule has 6 aromatic rings. The molecular formula is C41H33NO2SSi. The van der Waals surface area contributed by atoms with E-state index in [1.54, 1.807) is 0 Å². The molecule has 0 amide bonds. The quantitative estimate of drug-likeness (QED) is 0.181. The highest BCUT2D eigenvalue weighted by Gasteiger charge is 2.39. The fourth-order valence-electron chi connectivity index (χ4n) is 7.58. The van der Waals surface area contributed by atoms with Crippen molar-refractivity contribution in [1.29, 1.82) is 0 Å². The molecule has 0 fully saturated rings. The van der Waals surface area contributed by atoms with E-state index >= 15 is 0 Å². The molecule has 9 rings (SSSR count). The first-order valence-electron chi connectivity index (χ1n) is 15.9. The van der Waals surface area contributed by atoms with Crippen molar-refractivity contribution in [3.05, 3.63) is 139 Å². The lowest BCUT2D eigenvalue weighted by Crippen LogP contribution is -2.56. The zero-order chi connectivity index (χ0) is 31.2. The summed E-state index contributed by atoms with van der Waals surface area (Å²) in [4.78, 5) is 5.07. The van der Waals surface area contributed by atoms with Crippen LogP contribution in [-0.2, 0) is 5.41 Å². The zero-order valence-corrected chi connectivity index (χ0v) is 28.1. The van der Waals surface area contributed by atoms with E-state index in [0.29, 0.717) is 5.75 Å². The van der Waals surface area contributed by atoms with Crippen molar-refractivity contribution >= 4 is 47.3 Å². The lowest BCUT2D eigenvalue weighted by Gasteiger charge is -2.37. The van der Waals surface area contributed by atoms with Crippen molar-refractivity contribution in [2.45, 2.75) is 42.1 Å². The molecule has 3 aliphatic rings. The maximum absolute atomic E-state index is 6.69. The summed E-state index contributed by atoms with van der Waals surface area (Å²) in [6.07, 6.45) is 0. The standard InChI is InChI=1S/C41H33NO2SSi/c1-41(2)29-14-6-5-13-27(29)28-24-23-26(25-30(28)41)42(31-15-11-19-35-39(31)44-34-18-8-7-17-33(34)43-35)32-16-12-22-38-40(32)45-36-20-9-10-21-37(36)46(38,3)4/h5-25H,1-4H3. The number of anilines is 3. The molecular weight excluding hydrogens is 599 g/mol. The molecule has 1 aliphatic carbocycles. The highest BCUT2D eigenvalue weighted by atomic mass is 32.2. The van der Waals surface area contributed by atoms with E-state index < -0.39 is 8.07 Å². The summed E-state index contributed by atoms with van der Waals surface area (Å²) in [5, 5.41) is 2.96. The Morgan fingerprint density at radius 3 is 2.11 bits per heavy atom. The highest BCUT2D eigenvalue weighted by Crippen LogP contribution is 2.55. The van der Waals surface area contributed by atoms with Gasteiger partial charge in [-0.25, -0.2) is 0 Å². The SMILES string of the molecule is CC1(C)c2ccccc2-c2ccc(N(c3cccc4c3Oc3ccccc3O4)c3cccc4c3Sc3ccccc3[Si]4(C)C)cc21. The minimum absolute atomic E-state index is 0.124.